The molecule has 1 atom stereocenters. The summed E-state index contributed by atoms with van der Waals surface area (Å²) >= 11 is 3.57. The summed E-state index contributed by atoms with van der Waals surface area (Å²) in [4.78, 5) is 13.3. The van der Waals surface area contributed by atoms with E-state index in [1.165, 1.54) is 18.1 Å². The second-order valence-corrected chi connectivity index (χ2v) is 6.10. The normalized spacial score (nSPS) is 19.9. The van der Waals surface area contributed by atoms with Crippen LogP contribution in [0.25, 0.3) is 0 Å². The van der Waals surface area contributed by atoms with E-state index in [0.717, 1.165) is 30.7 Å². The predicted octanol–water partition coefficient (Wildman–Crippen LogP) is 2.09. The summed E-state index contributed by atoms with van der Waals surface area (Å²) < 4.78 is 6.82. The number of benzene rings is 1. The SMILES string of the molecule is CC(=O)NCC1CN(Cc2ccc(C)c(Br)c2)CCO1. The van der Waals surface area contributed by atoms with Gasteiger partial charge in [0.2, 0.25) is 5.91 Å². The van der Waals surface area contributed by atoms with Crippen LogP contribution >= 0.6 is 15.9 Å². The molecule has 1 aromatic carbocycles. The van der Waals surface area contributed by atoms with E-state index in [4.69, 9.17) is 4.74 Å². The van der Waals surface area contributed by atoms with E-state index in [0.29, 0.717) is 6.54 Å². The molecule has 5 heteroatoms. The Balaban J connectivity index is 1.88. The molecule has 110 valence electrons. The Morgan fingerprint density at radius 2 is 2.35 bits per heavy atom. The van der Waals surface area contributed by atoms with Gasteiger partial charge in [-0.3, -0.25) is 9.69 Å². The van der Waals surface area contributed by atoms with Gasteiger partial charge in [-0.25, -0.2) is 0 Å². The molecule has 1 aliphatic rings. The van der Waals surface area contributed by atoms with Crippen molar-refractivity contribution < 1.29 is 9.53 Å². The molecule has 0 aliphatic carbocycles. The van der Waals surface area contributed by atoms with Crippen LogP contribution < -0.4 is 5.32 Å². The highest BCUT2D eigenvalue weighted by Crippen LogP contribution is 2.19. The second-order valence-electron chi connectivity index (χ2n) is 5.25. The first-order valence-electron chi connectivity index (χ1n) is 6.88. The van der Waals surface area contributed by atoms with Gasteiger partial charge in [0, 0.05) is 37.6 Å². The summed E-state index contributed by atoms with van der Waals surface area (Å²) in [6.45, 7) is 7.63. The van der Waals surface area contributed by atoms with Gasteiger partial charge in [-0.05, 0) is 24.1 Å². The van der Waals surface area contributed by atoms with Gasteiger partial charge in [0.1, 0.15) is 0 Å². The Bertz CT molecular complexity index is 479. The monoisotopic (exact) mass is 340 g/mol. The summed E-state index contributed by atoms with van der Waals surface area (Å²) in [6, 6.07) is 6.47. The van der Waals surface area contributed by atoms with E-state index in [-0.39, 0.29) is 12.0 Å². The lowest BCUT2D eigenvalue weighted by molar-refractivity contribution is -0.120. The lowest BCUT2D eigenvalue weighted by Gasteiger charge is -2.33. The lowest BCUT2D eigenvalue weighted by Crippen LogP contribution is -2.46. The minimum atomic E-state index is -0.00631. The first-order valence-corrected chi connectivity index (χ1v) is 7.67. The highest BCUT2D eigenvalue weighted by molar-refractivity contribution is 9.10. The standard InChI is InChI=1S/C15H21BrN2O2/c1-11-3-4-13(7-15(11)16)9-18-5-6-20-14(10-18)8-17-12(2)19/h3-4,7,14H,5-6,8-10H2,1-2H3,(H,17,19). The molecule has 1 aliphatic heterocycles. The molecule has 20 heavy (non-hydrogen) atoms. The van der Waals surface area contributed by atoms with E-state index in [1.54, 1.807) is 0 Å². The average Bonchev–Trinajstić information content (AvgIpc) is 2.41. The number of rotatable bonds is 4. The van der Waals surface area contributed by atoms with Gasteiger partial charge in [0.25, 0.3) is 0 Å². The van der Waals surface area contributed by atoms with E-state index in [1.807, 2.05) is 0 Å². The quantitative estimate of drug-likeness (QED) is 0.912. The third kappa shape index (κ3) is 4.58. The molecular formula is C15H21BrN2O2. The summed E-state index contributed by atoms with van der Waals surface area (Å²) in [5.41, 5.74) is 2.54. The first kappa shape index (κ1) is 15.5. The van der Waals surface area contributed by atoms with Crippen LogP contribution in [-0.4, -0.2) is 43.2 Å². The maximum atomic E-state index is 10.9. The molecule has 4 nitrogen and oxygen atoms in total. The van der Waals surface area contributed by atoms with Crippen LogP contribution in [0.4, 0.5) is 0 Å². The van der Waals surface area contributed by atoms with Crippen LogP contribution in [0, 0.1) is 6.92 Å². The van der Waals surface area contributed by atoms with Crippen molar-refractivity contribution in [1.29, 1.82) is 0 Å². The molecule has 1 aromatic rings. The van der Waals surface area contributed by atoms with Crippen LogP contribution in [0.1, 0.15) is 18.1 Å². The second kappa shape index (κ2) is 7.20. The average molecular weight is 341 g/mol. The van der Waals surface area contributed by atoms with Gasteiger partial charge < -0.3 is 10.1 Å². The minimum absolute atomic E-state index is 0.00631. The Labute approximate surface area is 128 Å². The number of nitrogens with zero attached hydrogens (tertiary/aromatic N) is 1. The maximum absolute atomic E-state index is 10.9. The third-order valence-electron chi connectivity index (χ3n) is 3.44. The number of hydrogen-bond acceptors (Lipinski definition) is 3. The third-order valence-corrected chi connectivity index (χ3v) is 4.30. The fraction of sp³-hybridized carbons (Fsp3) is 0.533. The largest absolute Gasteiger partial charge is 0.374 e. The van der Waals surface area contributed by atoms with Crippen molar-refractivity contribution >= 4 is 21.8 Å². The van der Waals surface area contributed by atoms with Crippen LogP contribution in [-0.2, 0) is 16.1 Å². The Kier molecular flexibility index (Phi) is 5.57. The zero-order valence-electron chi connectivity index (χ0n) is 12.0. The van der Waals surface area contributed by atoms with E-state index < -0.39 is 0 Å². The van der Waals surface area contributed by atoms with Gasteiger partial charge >= 0.3 is 0 Å². The van der Waals surface area contributed by atoms with Crippen molar-refractivity contribution in [3.63, 3.8) is 0 Å². The molecule has 1 unspecified atom stereocenters. The van der Waals surface area contributed by atoms with Crippen molar-refractivity contribution in [2.45, 2.75) is 26.5 Å². The molecule has 0 bridgehead atoms. The molecule has 1 amide bonds. The van der Waals surface area contributed by atoms with Gasteiger partial charge in [0.05, 0.1) is 12.7 Å². The number of carbonyl (C=O) groups excluding carboxylic acids is 1. The Morgan fingerprint density at radius 1 is 1.55 bits per heavy atom. The molecule has 0 saturated carbocycles. The van der Waals surface area contributed by atoms with Crippen molar-refractivity contribution in [3.8, 4) is 0 Å². The highest BCUT2D eigenvalue weighted by atomic mass is 79.9. The number of amides is 1. The molecule has 1 N–H and O–H groups in total. The van der Waals surface area contributed by atoms with Crippen molar-refractivity contribution in [2.24, 2.45) is 0 Å². The topological polar surface area (TPSA) is 41.6 Å². The van der Waals surface area contributed by atoms with Gasteiger partial charge in [0.15, 0.2) is 0 Å². The summed E-state index contributed by atoms with van der Waals surface area (Å²) in [5, 5.41) is 2.82. The van der Waals surface area contributed by atoms with Crippen LogP contribution in [0.15, 0.2) is 22.7 Å². The minimum Gasteiger partial charge on any atom is -0.374 e. The first-order chi connectivity index (χ1) is 9.54. The molecular weight excluding hydrogens is 320 g/mol. The van der Waals surface area contributed by atoms with Crippen LogP contribution in [0.2, 0.25) is 0 Å². The zero-order chi connectivity index (χ0) is 14.5. The number of halogens is 1. The van der Waals surface area contributed by atoms with Crippen molar-refractivity contribution in [2.75, 3.05) is 26.2 Å². The Morgan fingerprint density at radius 3 is 3.05 bits per heavy atom. The van der Waals surface area contributed by atoms with E-state index in [9.17, 15) is 4.79 Å². The lowest BCUT2D eigenvalue weighted by atomic mass is 10.1. The Hall–Kier alpha value is -0.910. The summed E-state index contributed by atoms with van der Waals surface area (Å²) in [6.07, 6.45) is 0.0848. The van der Waals surface area contributed by atoms with Crippen molar-refractivity contribution in [3.05, 3.63) is 33.8 Å². The number of nitrogens with one attached hydrogen (secondary N) is 1. The molecule has 1 heterocycles. The van der Waals surface area contributed by atoms with Gasteiger partial charge in [-0.2, -0.15) is 0 Å². The fourth-order valence-electron chi connectivity index (χ4n) is 2.30. The smallest absolute Gasteiger partial charge is 0.216 e. The molecule has 0 aromatic heterocycles. The molecule has 0 radical (unpaired) electrons. The number of hydrogen-bond donors (Lipinski definition) is 1. The summed E-state index contributed by atoms with van der Waals surface area (Å²) in [7, 11) is 0. The van der Waals surface area contributed by atoms with E-state index in [2.05, 4.69) is 51.3 Å². The van der Waals surface area contributed by atoms with E-state index >= 15 is 0 Å². The van der Waals surface area contributed by atoms with Crippen LogP contribution in [0.5, 0.6) is 0 Å². The van der Waals surface area contributed by atoms with Crippen LogP contribution in [0.3, 0.4) is 0 Å². The summed E-state index contributed by atoms with van der Waals surface area (Å²) in [5.74, 6) is -0.00631. The van der Waals surface area contributed by atoms with Crippen molar-refractivity contribution in [1.82, 2.24) is 10.2 Å². The number of carbonyl (C=O) groups is 1. The molecule has 1 fully saturated rings. The molecule has 1 saturated heterocycles. The zero-order valence-corrected chi connectivity index (χ0v) is 13.6. The van der Waals surface area contributed by atoms with Gasteiger partial charge in [-0.1, -0.05) is 28.1 Å². The molecule has 2 rings (SSSR count). The fourth-order valence-corrected chi connectivity index (χ4v) is 2.72. The number of aryl methyl sites for hydroxylation is 1. The number of ether oxygens (including phenoxy) is 1. The van der Waals surface area contributed by atoms with Gasteiger partial charge in [-0.15, -0.1) is 0 Å². The highest BCUT2D eigenvalue weighted by Gasteiger charge is 2.20. The predicted molar refractivity (Wildman–Crippen MR) is 82.6 cm³/mol. The number of morpholine rings is 1. The molecule has 0 spiro atoms. The maximum Gasteiger partial charge on any atom is 0.216 e.